The zero-order valence-electron chi connectivity index (χ0n) is 55.3. The second-order valence-corrected chi connectivity index (χ2v) is 27.1. The van der Waals surface area contributed by atoms with Crippen LogP contribution in [-0.4, -0.2) is 0 Å². The number of nitrogens with zero attached hydrogens (tertiary/aromatic N) is 2. The smallest absolute Gasteiger partial charge is 0.0714 e. The van der Waals surface area contributed by atoms with Crippen LogP contribution in [0.4, 0.5) is 34.1 Å². The molecule has 0 saturated carbocycles. The molecule has 0 bridgehead atoms. The highest BCUT2D eigenvalue weighted by molar-refractivity contribution is 6.02. The molecule has 15 aromatic carbocycles. The second-order valence-electron chi connectivity index (χ2n) is 27.1. The van der Waals surface area contributed by atoms with Crippen LogP contribution in [-0.2, 0) is 16.2 Å². The molecule has 0 heterocycles. The van der Waals surface area contributed by atoms with E-state index in [1.807, 2.05) is 0 Å². The van der Waals surface area contributed by atoms with Crippen molar-refractivity contribution in [2.45, 2.75) is 37.0 Å². The Hall–Kier alpha value is -12.1. The molecule has 0 unspecified atom stereocenters. The van der Waals surface area contributed by atoms with Gasteiger partial charge in [-0.1, -0.05) is 336 Å². The molecule has 98 heavy (non-hydrogen) atoms. The average Bonchev–Trinajstić information content (AvgIpc) is 1.53. The molecule has 0 atom stereocenters. The Labute approximate surface area is 576 Å². The fraction of sp³-hybridized carbons (Fsp3) is 0.0625. The van der Waals surface area contributed by atoms with E-state index in [0.717, 1.165) is 45.3 Å². The molecule has 17 rings (SSSR count). The Bertz CT molecular complexity index is 4950. The molecule has 2 heteroatoms. The van der Waals surface area contributed by atoms with E-state index in [1.54, 1.807) is 0 Å². The Morgan fingerprint density at radius 3 is 0.796 bits per heavy atom. The van der Waals surface area contributed by atoms with E-state index in [0.29, 0.717) is 0 Å². The molecule has 466 valence electrons. The van der Waals surface area contributed by atoms with Crippen LogP contribution in [0, 0.1) is 0 Å². The first-order valence-corrected chi connectivity index (χ1v) is 34.2. The summed E-state index contributed by atoms with van der Waals surface area (Å²) in [7, 11) is 0. The fourth-order valence-corrected chi connectivity index (χ4v) is 16.0. The van der Waals surface area contributed by atoms with E-state index in [4.69, 9.17) is 0 Å². The highest BCUT2D eigenvalue weighted by atomic mass is 15.2. The lowest BCUT2D eigenvalue weighted by Gasteiger charge is -2.35. The Morgan fingerprint density at radius 2 is 0.490 bits per heavy atom. The van der Waals surface area contributed by atoms with Gasteiger partial charge < -0.3 is 9.80 Å². The molecule has 0 amide bonds. The summed E-state index contributed by atoms with van der Waals surface area (Å²) < 4.78 is 0. The minimum Gasteiger partial charge on any atom is -0.310 e. The Balaban J connectivity index is 0.969. The van der Waals surface area contributed by atoms with Crippen LogP contribution in [0.1, 0.15) is 70.8 Å². The lowest BCUT2D eigenvalue weighted by atomic mass is 9.67. The minimum atomic E-state index is -0.665. The maximum absolute atomic E-state index is 2.57. The van der Waals surface area contributed by atoms with Gasteiger partial charge in [-0.2, -0.15) is 0 Å². The van der Waals surface area contributed by atoms with Crippen molar-refractivity contribution in [3.8, 4) is 66.8 Å². The molecule has 0 aliphatic heterocycles. The third kappa shape index (κ3) is 10.0. The van der Waals surface area contributed by atoms with Gasteiger partial charge in [0.15, 0.2) is 0 Å². The highest BCUT2D eigenvalue weighted by Crippen LogP contribution is 2.63. The molecule has 0 radical (unpaired) electrons. The van der Waals surface area contributed by atoms with Crippen LogP contribution < -0.4 is 9.80 Å². The number of benzene rings is 15. The van der Waals surface area contributed by atoms with E-state index in [2.05, 4.69) is 413 Å². The largest absolute Gasteiger partial charge is 0.310 e. The second kappa shape index (κ2) is 24.6. The van der Waals surface area contributed by atoms with Gasteiger partial charge in [-0.15, -0.1) is 0 Å². The first-order chi connectivity index (χ1) is 48.2. The summed E-state index contributed by atoms with van der Waals surface area (Å²) in [6.07, 6.45) is 0. The summed E-state index contributed by atoms with van der Waals surface area (Å²) >= 11 is 0. The molecule has 0 spiro atoms. The van der Waals surface area contributed by atoms with E-state index >= 15 is 0 Å². The van der Waals surface area contributed by atoms with Gasteiger partial charge in [-0.25, -0.2) is 0 Å². The molecule has 2 aliphatic carbocycles. The summed E-state index contributed by atoms with van der Waals surface area (Å²) in [5.74, 6) is 0. The molecular formula is C96H72N2. The number of anilines is 6. The van der Waals surface area contributed by atoms with Gasteiger partial charge in [0.25, 0.3) is 0 Å². The molecule has 0 fully saturated rings. The standard InChI is InChI=1S/C96H72N2/c1-94(2,3)79-64-82(97(80-56-50-71(51-57-80)67-30-12-4-13-31-67)90-48-28-46-88-92(90)84-62-73(69-34-16-6-17-35-69)54-60-86(84)95(88,75-38-20-8-21-39-75)76-40-22-9-23-41-76)66-83(65-79)98(81-58-52-72(53-59-81)68-32-14-5-15-33-68)91-49-29-47-89-93(91)85-63-74(70-36-18-7-19-37-70)55-61-87(85)96(89,77-42-24-10-25-43-77)78-44-26-11-27-45-78/h4-66H,1-3H3. The van der Waals surface area contributed by atoms with Crippen LogP contribution >= 0.6 is 0 Å². The van der Waals surface area contributed by atoms with Crippen molar-refractivity contribution in [3.63, 3.8) is 0 Å². The predicted molar refractivity (Wildman–Crippen MR) is 411 cm³/mol. The third-order valence-corrected chi connectivity index (χ3v) is 20.6. The lowest BCUT2D eigenvalue weighted by molar-refractivity contribution is 0.590. The van der Waals surface area contributed by atoms with Gasteiger partial charge in [0.05, 0.1) is 22.2 Å². The van der Waals surface area contributed by atoms with Crippen LogP contribution in [0.5, 0.6) is 0 Å². The van der Waals surface area contributed by atoms with Crippen LogP contribution in [0.3, 0.4) is 0 Å². The molecule has 15 aromatic rings. The monoisotopic (exact) mass is 1250 g/mol. The SMILES string of the molecule is CC(C)(C)c1cc(N(c2ccc(-c3ccccc3)cc2)c2cccc3c2-c2cc(-c4ccccc4)ccc2C3(c2ccccc2)c2ccccc2)cc(N(c2ccc(-c3ccccc3)cc2)c2cccc3c2-c2cc(-c4ccccc4)ccc2C3(c2ccccc2)c2ccccc2)c1. The number of hydrogen-bond acceptors (Lipinski definition) is 2. The summed E-state index contributed by atoms with van der Waals surface area (Å²) in [6.45, 7) is 7.08. The first kappa shape index (κ1) is 59.6. The normalized spacial score (nSPS) is 13.0. The van der Waals surface area contributed by atoms with E-state index in [-0.39, 0.29) is 5.41 Å². The average molecular weight is 1250 g/mol. The van der Waals surface area contributed by atoms with E-state index < -0.39 is 10.8 Å². The summed E-state index contributed by atoms with van der Waals surface area (Å²) in [4.78, 5) is 5.14. The van der Waals surface area contributed by atoms with Gasteiger partial charge in [0.1, 0.15) is 0 Å². The summed E-state index contributed by atoms with van der Waals surface area (Å²) in [5, 5.41) is 0. The van der Waals surface area contributed by atoms with Crippen molar-refractivity contribution in [3.05, 3.63) is 432 Å². The van der Waals surface area contributed by atoms with Gasteiger partial charge in [0.2, 0.25) is 0 Å². The van der Waals surface area contributed by atoms with Gasteiger partial charge in [0, 0.05) is 33.9 Å². The summed E-state index contributed by atoms with van der Waals surface area (Å²) in [5.41, 5.74) is 29.9. The predicted octanol–water partition coefficient (Wildman–Crippen LogP) is 25.3. The maximum Gasteiger partial charge on any atom is 0.0714 e. The fourth-order valence-electron chi connectivity index (χ4n) is 16.0. The Kier molecular flexibility index (Phi) is 15.0. The van der Waals surface area contributed by atoms with Crippen molar-refractivity contribution in [1.29, 1.82) is 0 Å². The van der Waals surface area contributed by atoms with E-state index in [1.165, 1.54) is 106 Å². The van der Waals surface area contributed by atoms with Crippen molar-refractivity contribution < 1.29 is 0 Å². The lowest BCUT2D eigenvalue weighted by Crippen LogP contribution is -2.28. The molecule has 2 aliphatic rings. The third-order valence-electron chi connectivity index (χ3n) is 20.6. The highest BCUT2D eigenvalue weighted by Gasteiger charge is 2.49. The zero-order valence-corrected chi connectivity index (χ0v) is 55.3. The number of rotatable bonds is 14. The molecule has 0 N–H and O–H groups in total. The van der Waals surface area contributed by atoms with Crippen molar-refractivity contribution in [1.82, 2.24) is 0 Å². The topological polar surface area (TPSA) is 6.48 Å². The number of fused-ring (bicyclic) bond motifs is 6. The molecular weight excluding hydrogens is 1180 g/mol. The quantitative estimate of drug-likeness (QED) is 0.107. The van der Waals surface area contributed by atoms with E-state index in [9.17, 15) is 0 Å². The van der Waals surface area contributed by atoms with Crippen molar-refractivity contribution in [2.24, 2.45) is 0 Å². The zero-order chi connectivity index (χ0) is 65.8. The van der Waals surface area contributed by atoms with Crippen LogP contribution in [0.2, 0.25) is 0 Å². The number of hydrogen-bond donors (Lipinski definition) is 0. The maximum atomic E-state index is 2.57. The molecule has 2 nitrogen and oxygen atoms in total. The van der Waals surface area contributed by atoms with Gasteiger partial charge in [-0.05, 0) is 178 Å². The van der Waals surface area contributed by atoms with Gasteiger partial charge >= 0.3 is 0 Å². The molecule has 0 saturated heterocycles. The molecule has 0 aromatic heterocycles. The Morgan fingerprint density at radius 1 is 0.214 bits per heavy atom. The van der Waals surface area contributed by atoms with Crippen molar-refractivity contribution in [2.75, 3.05) is 9.80 Å². The van der Waals surface area contributed by atoms with Crippen LogP contribution in [0.15, 0.2) is 382 Å². The van der Waals surface area contributed by atoms with Crippen molar-refractivity contribution >= 4 is 34.1 Å². The first-order valence-electron chi connectivity index (χ1n) is 34.2. The van der Waals surface area contributed by atoms with Gasteiger partial charge in [-0.3, -0.25) is 0 Å². The minimum absolute atomic E-state index is 0.312. The van der Waals surface area contributed by atoms with Crippen LogP contribution in [0.25, 0.3) is 66.8 Å². The summed E-state index contributed by atoms with van der Waals surface area (Å²) in [6, 6.07) is 143.